The van der Waals surface area contributed by atoms with E-state index in [0.29, 0.717) is 16.8 Å². The number of Topliss-reactive ketones (excluding diaryl/α,β-unsaturated/α-hetero) is 1. The van der Waals surface area contributed by atoms with Gasteiger partial charge in [0.15, 0.2) is 11.5 Å². The van der Waals surface area contributed by atoms with E-state index in [1.165, 1.54) is 0 Å². The Labute approximate surface area is 180 Å². The second-order valence-corrected chi connectivity index (χ2v) is 7.28. The molecule has 6 nitrogen and oxygen atoms in total. The van der Waals surface area contributed by atoms with Crippen LogP contribution in [0.25, 0.3) is 15.6 Å². The van der Waals surface area contributed by atoms with Crippen LogP contribution >= 0.6 is 0 Å². The van der Waals surface area contributed by atoms with Gasteiger partial charge < -0.3 is 10.4 Å². The fraction of sp³-hybridized carbons (Fsp3) is 0.200. The molecule has 0 spiro atoms. The van der Waals surface area contributed by atoms with E-state index in [1.54, 1.807) is 43.3 Å². The summed E-state index contributed by atoms with van der Waals surface area (Å²) in [4.78, 5) is 28.7. The molecule has 2 atom stereocenters. The average Bonchev–Trinajstić information content (AvgIpc) is 2.80. The zero-order chi connectivity index (χ0) is 22.4. The van der Waals surface area contributed by atoms with E-state index >= 15 is 0 Å². The fourth-order valence-corrected chi connectivity index (χ4v) is 3.47. The first-order valence-corrected chi connectivity index (χ1v) is 9.81. The van der Waals surface area contributed by atoms with Gasteiger partial charge in [-0.15, -0.1) is 0 Å². The number of nitriles is 1. The molecule has 0 unspecified atom stereocenters. The summed E-state index contributed by atoms with van der Waals surface area (Å²) in [5.74, 6) is -1.46. The van der Waals surface area contributed by atoms with Crippen molar-refractivity contribution in [2.75, 3.05) is 6.54 Å². The van der Waals surface area contributed by atoms with E-state index in [9.17, 15) is 14.7 Å². The monoisotopic (exact) mass is 411 g/mol. The minimum absolute atomic E-state index is 0.203. The molecule has 0 aliphatic carbocycles. The molecule has 0 aliphatic rings. The Morgan fingerprint density at radius 1 is 1.10 bits per heavy atom. The van der Waals surface area contributed by atoms with Crippen molar-refractivity contribution in [1.29, 1.82) is 5.26 Å². The van der Waals surface area contributed by atoms with Gasteiger partial charge in [0.1, 0.15) is 0 Å². The highest BCUT2D eigenvalue weighted by Gasteiger charge is 2.25. The third kappa shape index (κ3) is 4.95. The summed E-state index contributed by atoms with van der Waals surface area (Å²) in [7, 11) is 0. The van der Waals surface area contributed by atoms with Crippen molar-refractivity contribution < 1.29 is 14.7 Å². The first-order valence-electron chi connectivity index (χ1n) is 9.81. The molecule has 2 N–H and O–H groups in total. The van der Waals surface area contributed by atoms with Crippen LogP contribution in [0.15, 0.2) is 60.7 Å². The number of aliphatic hydroxyl groups excluding tert-OH is 1. The van der Waals surface area contributed by atoms with E-state index in [-0.39, 0.29) is 18.7 Å². The lowest BCUT2D eigenvalue weighted by Crippen LogP contribution is -2.40. The standard InChI is InChI=1S/C25H21N3O3/c1-16(29)22(13-19-11-12-23(27-2)21-6-4-3-5-20(19)21)25(31)28-15-24(30)18-9-7-17(14-26)8-10-18/h3-12,16,22,29H,13,15H2,1H3,(H,28,31)/t16-,22-/m1/s1. The highest BCUT2D eigenvalue weighted by molar-refractivity contribution is 6.00. The van der Waals surface area contributed by atoms with Crippen LogP contribution < -0.4 is 5.32 Å². The number of hydrogen-bond acceptors (Lipinski definition) is 4. The smallest absolute Gasteiger partial charge is 0.226 e. The van der Waals surface area contributed by atoms with Gasteiger partial charge in [-0.2, -0.15) is 5.26 Å². The van der Waals surface area contributed by atoms with Crippen molar-refractivity contribution >= 4 is 28.2 Å². The van der Waals surface area contributed by atoms with E-state index in [4.69, 9.17) is 11.8 Å². The SMILES string of the molecule is [C-]#[N+]c1ccc(C[C@@H](C(=O)NCC(=O)c2ccc(C#N)cc2)[C@@H](C)O)c2ccccc12. The molecule has 3 aromatic carbocycles. The maximum atomic E-state index is 12.8. The maximum Gasteiger partial charge on any atom is 0.226 e. The zero-order valence-electron chi connectivity index (χ0n) is 17.0. The van der Waals surface area contributed by atoms with Crippen LogP contribution in [-0.4, -0.2) is 29.4 Å². The molecular weight excluding hydrogens is 390 g/mol. The Morgan fingerprint density at radius 3 is 2.39 bits per heavy atom. The average molecular weight is 411 g/mol. The number of amides is 1. The normalized spacial score (nSPS) is 12.4. The Bertz CT molecular complexity index is 1200. The molecule has 0 saturated heterocycles. The number of carbonyl (C=O) groups is 2. The maximum absolute atomic E-state index is 12.8. The van der Waals surface area contributed by atoms with Crippen LogP contribution in [0.5, 0.6) is 0 Å². The van der Waals surface area contributed by atoms with Crippen LogP contribution in [0.4, 0.5) is 5.69 Å². The van der Waals surface area contributed by atoms with Gasteiger partial charge in [0.2, 0.25) is 5.91 Å². The van der Waals surface area contributed by atoms with Crippen molar-refractivity contribution in [2.24, 2.45) is 5.92 Å². The van der Waals surface area contributed by atoms with Crippen LogP contribution in [0, 0.1) is 23.8 Å². The number of hydrogen-bond donors (Lipinski definition) is 2. The summed E-state index contributed by atoms with van der Waals surface area (Å²) in [5, 5.41) is 23.4. The summed E-state index contributed by atoms with van der Waals surface area (Å²) in [6.07, 6.45) is -0.655. The van der Waals surface area contributed by atoms with Crippen molar-refractivity contribution in [3.8, 4) is 6.07 Å². The second-order valence-electron chi connectivity index (χ2n) is 7.28. The molecule has 6 heteroatoms. The van der Waals surface area contributed by atoms with Crippen LogP contribution in [0.3, 0.4) is 0 Å². The Morgan fingerprint density at radius 2 is 1.77 bits per heavy atom. The van der Waals surface area contributed by atoms with Gasteiger partial charge in [0.05, 0.1) is 36.8 Å². The van der Waals surface area contributed by atoms with Gasteiger partial charge in [0.25, 0.3) is 0 Å². The number of nitrogens with zero attached hydrogens (tertiary/aromatic N) is 2. The highest BCUT2D eigenvalue weighted by atomic mass is 16.3. The largest absolute Gasteiger partial charge is 0.393 e. The Kier molecular flexibility index (Phi) is 6.77. The lowest BCUT2D eigenvalue weighted by Gasteiger charge is -2.20. The first kappa shape index (κ1) is 21.7. The van der Waals surface area contributed by atoms with Crippen LogP contribution in [-0.2, 0) is 11.2 Å². The van der Waals surface area contributed by atoms with E-state index < -0.39 is 17.9 Å². The number of benzene rings is 3. The quantitative estimate of drug-likeness (QED) is 0.457. The molecule has 0 radical (unpaired) electrons. The molecule has 0 saturated carbocycles. The Balaban J connectivity index is 1.74. The molecule has 1 amide bonds. The topological polar surface area (TPSA) is 94.5 Å². The first-order chi connectivity index (χ1) is 14.9. The number of aliphatic hydroxyl groups is 1. The van der Waals surface area contributed by atoms with Crippen molar-refractivity contribution in [1.82, 2.24) is 5.32 Å². The van der Waals surface area contributed by atoms with E-state index in [1.807, 2.05) is 30.3 Å². The predicted octanol–water partition coefficient (Wildman–Crippen LogP) is 3.80. The zero-order valence-corrected chi connectivity index (χ0v) is 17.0. The van der Waals surface area contributed by atoms with E-state index in [2.05, 4.69) is 10.2 Å². The van der Waals surface area contributed by atoms with Gasteiger partial charge in [-0.05, 0) is 41.8 Å². The summed E-state index contributed by atoms with van der Waals surface area (Å²) in [6.45, 7) is 8.68. The van der Waals surface area contributed by atoms with Crippen LogP contribution in [0.2, 0.25) is 0 Å². The molecule has 154 valence electrons. The number of fused-ring (bicyclic) bond motifs is 1. The van der Waals surface area contributed by atoms with Crippen molar-refractivity contribution in [3.05, 3.63) is 88.8 Å². The number of ketones is 1. The highest BCUT2D eigenvalue weighted by Crippen LogP contribution is 2.30. The molecule has 0 fully saturated rings. The lowest BCUT2D eigenvalue weighted by molar-refractivity contribution is -0.127. The summed E-state index contributed by atoms with van der Waals surface area (Å²) < 4.78 is 0. The summed E-state index contributed by atoms with van der Waals surface area (Å²) in [6, 6.07) is 19.2. The molecule has 3 rings (SSSR count). The molecule has 31 heavy (non-hydrogen) atoms. The fourth-order valence-electron chi connectivity index (χ4n) is 3.47. The molecule has 0 aliphatic heterocycles. The minimum Gasteiger partial charge on any atom is -0.393 e. The number of rotatable bonds is 7. The number of carbonyl (C=O) groups excluding carboxylic acids is 2. The minimum atomic E-state index is -0.927. The predicted molar refractivity (Wildman–Crippen MR) is 118 cm³/mol. The summed E-state index contributed by atoms with van der Waals surface area (Å²) in [5.41, 5.74) is 2.23. The molecule has 3 aromatic rings. The van der Waals surface area contributed by atoms with Crippen LogP contribution in [0.1, 0.15) is 28.4 Å². The molecule has 0 bridgehead atoms. The third-order valence-electron chi connectivity index (χ3n) is 5.23. The van der Waals surface area contributed by atoms with Crippen molar-refractivity contribution in [3.63, 3.8) is 0 Å². The van der Waals surface area contributed by atoms with Crippen molar-refractivity contribution in [2.45, 2.75) is 19.4 Å². The van der Waals surface area contributed by atoms with Gasteiger partial charge >= 0.3 is 0 Å². The number of nitrogens with one attached hydrogen (secondary N) is 1. The summed E-state index contributed by atoms with van der Waals surface area (Å²) >= 11 is 0. The lowest BCUT2D eigenvalue weighted by atomic mass is 9.90. The molecule has 0 aromatic heterocycles. The van der Waals surface area contributed by atoms with Gasteiger partial charge in [-0.3, -0.25) is 9.59 Å². The van der Waals surface area contributed by atoms with E-state index in [0.717, 1.165) is 16.3 Å². The van der Waals surface area contributed by atoms with Gasteiger partial charge in [0, 0.05) is 5.56 Å². The third-order valence-corrected chi connectivity index (χ3v) is 5.23. The van der Waals surface area contributed by atoms with Gasteiger partial charge in [-0.1, -0.05) is 48.5 Å². The molecular formula is C25H21N3O3. The molecule has 0 heterocycles. The Hall–Kier alpha value is -4.00. The van der Waals surface area contributed by atoms with Gasteiger partial charge in [-0.25, -0.2) is 4.85 Å². The second kappa shape index (κ2) is 9.67.